The zero-order valence-electron chi connectivity index (χ0n) is 11.6. The van der Waals surface area contributed by atoms with Gasteiger partial charge in [-0.3, -0.25) is 4.90 Å². The lowest BCUT2D eigenvalue weighted by Gasteiger charge is -2.38. The molecule has 3 unspecified atom stereocenters. The fourth-order valence-corrected chi connectivity index (χ4v) is 3.21. The van der Waals surface area contributed by atoms with Crippen molar-refractivity contribution < 1.29 is 9.47 Å². The van der Waals surface area contributed by atoms with Gasteiger partial charge in [0.05, 0.1) is 12.7 Å². The summed E-state index contributed by atoms with van der Waals surface area (Å²) < 4.78 is 11.4. The van der Waals surface area contributed by atoms with Crippen molar-refractivity contribution in [3.63, 3.8) is 0 Å². The summed E-state index contributed by atoms with van der Waals surface area (Å²) in [5, 5.41) is 0. The van der Waals surface area contributed by atoms with E-state index in [-0.39, 0.29) is 0 Å². The number of ether oxygens (including phenoxy) is 2. The van der Waals surface area contributed by atoms with Gasteiger partial charge in [-0.1, -0.05) is 0 Å². The molecule has 4 heteroatoms. The van der Waals surface area contributed by atoms with Gasteiger partial charge < -0.3 is 15.2 Å². The molecule has 0 spiro atoms. The van der Waals surface area contributed by atoms with Crippen molar-refractivity contribution in [3.8, 4) is 0 Å². The second-order valence-electron chi connectivity index (χ2n) is 5.71. The smallest absolute Gasteiger partial charge is 0.0702 e. The summed E-state index contributed by atoms with van der Waals surface area (Å²) in [6.45, 7) is 4.45. The third kappa shape index (κ3) is 3.92. The largest absolute Gasteiger partial charge is 0.381 e. The molecular weight excluding hydrogens is 228 g/mol. The van der Waals surface area contributed by atoms with Crippen LogP contribution in [0, 0.1) is 5.92 Å². The Morgan fingerprint density at radius 3 is 2.72 bits per heavy atom. The highest BCUT2D eigenvalue weighted by Gasteiger charge is 2.28. The van der Waals surface area contributed by atoms with Crippen LogP contribution < -0.4 is 5.73 Å². The predicted octanol–water partition coefficient (Wildman–Crippen LogP) is 1.24. The number of likely N-dealkylation sites (N-methyl/N-ethyl adjacent to an activating group) is 1. The quantitative estimate of drug-likeness (QED) is 0.804. The minimum absolute atomic E-state index is 0.405. The van der Waals surface area contributed by atoms with E-state index in [2.05, 4.69) is 11.9 Å². The second kappa shape index (κ2) is 7.43. The van der Waals surface area contributed by atoms with Crippen LogP contribution in [0.15, 0.2) is 0 Å². The molecule has 0 aliphatic carbocycles. The van der Waals surface area contributed by atoms with E-state index >= 15 is 0 Å². The van der Waals surface area contributed by atoms with Crippen molar-refractivity contribution in [2.24, 2.45) is 11.7 Å². The van der Waals surface area contributed by atoms with Crippen LogP contribution in [0.3, 0.4) is 0 Å². The summed E-state index contributed by atoms with van der Waals surface area (Å²) in [7, 11) is 2.18. The topological polar surface area (TPSA) is 47.7 Å². The highest BCUT2D eigenvalue weighted by molar-refractivity contribution is 4.82. The van der Waals surface area contributed by atoms with Gasteiger partial charge in [0.15, 0.2) is 0 Å². The maximum atomic E-state index is 5.97. The van der Waals surface area contributed by atoms with Gasteiger partial charge in [-0.25, -0.2) is 0 Å². The SMILES string of the molecule is CN(CC1CCCCO1)C(CN)C1CCCOC1. The molecule has 0 aromatic carbocycles. The van der Waals surface area contributed by atoms with Gasteiger partial charge in [0.1, 0.15) is 0 Å². The summed E-state index contributed by atoms with van der Waals surface area (Å²) in [6.07, 6.45) is 6.55. The Morgan fingerprint density at radius 1 is 1.22 bits per heavy atom. The van der Waals surface area contributed by atoms with Gasteiger partial charge in [0.2, 0.25) is 0 Å². The van der Waals surface area contributed by atoms with Crippen LogP contribution in [0.1, 0.15) is 32.1 Å². The maximum absolute atomic E-state index is 5.97. The summed E-state index contributed by atoms with van der Waals surface area (Å²) >= 11 is 0. The molecule has 2 aliphatic heterocycles. The van der Waals surface area contributed by atoms with Gasteiger partial charge in [0, 0.05) is 32.3 Å². The van der Waals surface area contributed by atoms with Gasteiger partial charge in [-0.2, -0.15) is 0 Å². The summed E-state index contributed by atoms with van der Waals surface area (Å²) in [4.78, 5) is 2.40. The van der Waals surface area contributed by atoms with Crippen molar-refractivity contribution in [1.82, 2.24) is 4.90 Å². The third-order valence-corrected chi connectivity index (χ3v) is 4.31. The lowest BCUT2D eigenvalue weighted by atomic mass is 9.92. The standard InChI is InChI=1S/C14H28N2O2/c1-16(10-13-6-2-3-8-18-13)14(9-15)12-5-4-7-17-11-12/h12-14H,2-11,15H2,1H3. The Bertz CT molecular complexity index is 226. The molecule has 2 heterocycles. The molecule has 106 valence electrons. The number of hydrogen-bond donors (Lipinski definition) is 1. The zero-order chi connectivity index (χ0) is 12.8. The Labute approximate surface area is 111 Å². The molecule has 0 amide bonds. The first-order chi connectivity index (χ1) is 8.81. The number of rotatable bonds is 5. The van der Waals surface area contributed by atoms with Gasteiger partial charge in [0.25, 0.3) is 0 Å². The summed E-state index contributed by atoms with van der Waals surface area (Å²) in [5.41, 5.74) is 5.97. The van der Waals surface area contributed by atoms with Crippen LogP contribution in [-0.4, -0.2) is 57.0 Å². The van der Waals surface area contributed by atoms with E-state index in [9.17, 15) is 0 Å². The number of hydrogen-bond acceptors (Lipinski definition) is 4. The monoisotopic (exact) mass is 256 g/mol. The highest BCUT2D eigenvalue weighted by atomic mass is 16.5. The summed E-state index contributed by atoms with van der Waals surface area (Å²) in [5.74, 6) is 0.595. The Hall–Kier alpha value is -0.160. The van der Waals surface area contributed by atoms with Crippen molar-refractivity contribution in [2.75, 3.05) is 40.0 Å². The van der Waals surface area contributed by atoms with E-state index < -0.39 is 0 Å². The van der Waals surface area contributed by atoms with Crippen LogP contribution in [0.2, 0.25) is 0 Å². The molecule has 2 N–H and O–H groups in total. The van der Waals surface area contributed by atoms with Crippen LogP contribution in [0.4, 0.5) is 0 Å². The Morgan fingerprint density at radius 2 is 2.11 bits per heavy atom. The molecule has 0 aromatic heterocycles. The van der Waals surface area contributed by atoms with E-state index in [4.69, 9.17) is 15.2 Å². The van der Waals surface area contributed by atoms with Crippen LogP contribution in [0.5, 0.6) is 0 Å². The maximum Gasteiger partial charge on any atom is 0.0702 e. The molecule has 0 aromatic rings. The minimum Gasteiger partial charge on any atom is -0.381 e. The molecule has 4 nitrogen and oxygen atoms in total. The third-order valence-electron chi connectivity index (χ3n) is 4.31. The molecule has 0 radical (unpaired) electrons. The van der Waals surface area contributed by atoms with E-state index in [1.807, 2.05) is 0 Å². The molecule has 2 fully saturated rings. The average molecular weight is 256 g/mol. The highest BCUT2D eigenvalue weighted by Crippen LogP contribution is 2.22. The van der Waals surface area contributed by atoms with Crippen molar-refractivity contribution in [3.05, 3.63) is 0 Å². The van der Waals surface area contributed by atoms with E-state index in [1.165, 1.54) is 32.1 Å². The fraction of sp³-hybridized carbons (Fsp3) is 1.00. The molecule has 3 atom stereocenters. The average Bonchev–Trinajstić information content (AvgIpc) is 2.42. The van der Waals surface area contributed by atoms with Crippen LogP contribution in [0.25, 0.3) is 0 Å². The molecule has 18 heavy (non-hydrogen) atoms. The van der Waals surface area contributed by atoms with Crippen molar-refractivity contribution in [1.29, 1.82) is 0 Å². The predicted molar refractivity (Wildman–Crippen MR) is 72.6 cm³/mol. The summed E-state index contributed by atoms with van der Waals surface area (Å²) in [6, 6.07) is 0.441. The minimum atomic E-state index is 0.405. The van der Waals surface area contributed by atoms with E-state index in [0.29, 0.717) is 18.1 Å². The first-order valence-electron chi connectivity index (χ1n) is 7.41. The first kappa shape index (κ1) is 14.3. The molecule has 2 aliphatic rings. The molecule has 0 bridgehead atoms. The molecule has 0 saturated carbocycles. The number of nitrogens with zero attached hydrogens (tertiary/aromatic N) is 1. The van der Waals surface area contributed by atoms with Gasteiger partial charge >= 0.3 is 0 Å². The molecule has 2 rings (SSSR count). The van der Waals surface area contributed by atoms with Crippen LogP contribution in [-0.2, 0) is 9.47 Å². The second-order valence-corrected chi connectivity index (χ2v) is 5.71. The zero-order valence-corrected chi connectivity index (χ0v) is 11.6. The Kier molecular flexibility index (Phi) is 5.89. The lowest BCUT2D eigenvalue weighted by Crippen LogP contribution is -2.49. The fourth-order valence-electron chi connectivity index (χ4n) is 3.21. The Balaban J connectivity index is 1.81. The van der Waals surface area contributed by atoms with Gasteiger partial charge in [-0.15, -0.1) is 0 Å². The van der Waals surface area contributed by atoms with Crippen LogP contribution >= 0.6 is 0 Å². The van der Waals surface area contributed by atoms with Crippen molar-refractivity contribution >= 4 is 0 Å². The van der Waals surface area contributed by atoms with Gasteiger partial charge in [-0.05, 0) is 45.1 Å². The van der Waals surface area contributed by atoms with E-state index in [0.717, 1.165) is 32.9 Å². The molecular formula is C14H28N2O2. The number of nitrogens with two attached hydrogens (primary N) is 1. The lowest BCUT2D eigenvalue weighted by molar-refractivity contribution is -0.0270. The van der Waals surface area contributed by atoms with Crippen molar-refractivity contribution in [2.45, 2.75) is 44.2 Å². The normalized spacial score (nSPS) is 31.5. The van der Waals surface area contributed by atoms with E-state index in [1.54, 1.807) is 0 Å². The molecule has 2 saturated heterocycles. The first-order valence-corrected chi connectivity index (χ1v) is 7.41.